The summed E-state index contributed by atoms with van der Waals surface area (Å²) in [6.45, 7) is 2.03. The number of nitrogens with zero attached hydrogens (tertiary/aromatic N) is 5. The second-order valence-corrected chi connectivity index (χ2v) is 6.25. The topological polar surface area (TPSA) is 94.0 Å². The van der Waals surface area contributed by atoms with Gasteiger partial charge in [0, 0.05) is 17.2 Å². The first-order valence-electron chi connectivity index (χ1n) is 8.05. The van der Waals surface area contributed by atoms with E-state index in [9.17, 15) is 0 Å². The van der Waals surface area contributed by atoms with Crippen molar-refractivity contribution >= 4 is 28.9 Å². The number of fused-ring (bicyclic) bond motifs is 1. The van der Waals surface area contributed by atoms with Crippen molar-refractivity contribution in [1.82, 2.24) is 24.6 Å². The lowest BCUT2D eigenvalue weighted by atomic mass is 10.0. The Labute approximate surface area is 154 Å². The summed E-state index contributed by atoms with van der Waals surface area (Å²) < 4.78 is 1.63. The number of aromatic nitrogens is 5. The summed E-state index contributed by atoms with van der Waals surface area (Å²) in [6.07, 6.45) is 3.02. The Balaban J connectivity index is 1.82. The standard InChI is InChI=1S/C18H16ClN7/c1-11(24-16-8-15(20)22-10-23-16)13-7-17-21-9-14(19)26(17)25-18(13)12-5-3-2-4-6-12/h2-11H,1H3,(H3,20,22,23,24)/t11-/m1/s1. The maximum Gasteiger partial charge on any atom is 0.155 e. The van der Waals surface area contributed by atoms with Crippen LogP contribution in [-0.2, 0) is 0 Å². The molecular formula is C18H16ClN7. The Kier molecular flexibility index (Phi) is 4.14. The zero-order chi connectivity index (χ0) is 18.1. The second kappa shape index (κ2) is 6.61. The van der Waals surface area contributed by atoms with Crippen molar-refractivity contribution in [3.05, 3.63) is 65.7 Å². The molecule has 0 saturated heterocycles. The van der Waals surface area contributed by atoms with Gasteiger partial charge in [-0.05, 0) is 13.0 Å². The molecule has 0 amide bonds. The summed E-state index contributed by atoms with van der Waals surface area (Å²) in [4.78, 5) is 12.4. The lowest BCUT2D eigenvalue weighted by Gasteiger charge is -2.18. The fourth-order valence-corrected chi connectivity index (χ4v) is 2.98. The summed E-state index contributed by atoms with van der Waals surface area (Å²) in [5.74, 6) is 1.05. The van der Waals surface area contributed by atoms with E-state index < -0.39 is 0 Å². The van der Waals surface area contributed by atoms with Crippen LogP contribution in [-0.4, -0.2) is 24.6 Å². The van der Waals surface area contributed by atoms with E-state index in [0.29, 0.717) is 22.4 Å². The number of hydrogen-bond acceptors (Lipinski definition) is 6. The normalized spacial score (nSPS) is 12.2. The highest BCUT2D eigenvalue weighted by Gasteiger charge is 2.17. The highest BCUT2D eigenvalue weighted by Crippen LogP contribution is 2.30. The van der Waals surface area contributed by atoms with Crippen LogP contribution in [0.25, 0.3) is 16.9 Å². The molecule has 3 N–H and O–H groups in total. The van der Waals surface area contributed by atoms with Gasteiger partial charge in [-0.3, -0.25) is 0 Å². The Morgan fingerprint density at radius 3 is 2.69 bits per heavy atom. The minimum atomic E-state index is -0.0903. The number of nitrogens with two attached hydrogens (primary N) is 1. The van der Waals surface area contributed by atoms with Crippen LogP contribution in [0.4, 0.5) is 11.6 Å². The maximum atomic E-state index is 6.20. The lowest BCUT2D eigenvalue weighted by Crippen LogP contribution is -2.12. The predicted molar refractivity (Wildman–Crippen MR) is 102 cm³/mol. The van der Waals surface area contributed by atoms with Crippen LogP contribution in [0, 0.1) is 0 Å². The molecule has 0 radical (unpaired) electrons. The Morgan fingerprint density at radius 1 is 1.12 bits per heavy atom. The van der Waals surface area contributed by atoms with Gasteiger partial charge in [0.2, 0.25) is 0 Å². The number of rotatable bonds is 4. The van der Waals surface area contributed by atoms with E-state index in [0.717, 1.165) is 16.8 Å². The van der Waals surface area contributed by atoms with Gasteiger partial charge in [0.25, 0.3) is 0 Å². The monoisotopic (exact) mass is 365 g/mol. The van der Waals surface area contributed by atoms with Crippen molar-refractivity contribution in [1.29, 1.82) is 0 Å². The average molecular weight is 366 g/mol. The first-order chi connectivity index (χ1) is 12.6. The first kappa shape index (κ1) is 16.3. The van der Waals surface area contributed by atoms with Crippen molar-refractivity contribution in [2.45, 2.75) is 13.0 Å². The molecule has 7 nitrogen and oxygen atoms in total. The molecule has 0 bridgehead atoms. The molecule has 3 heterocycles. The summed E-state index contributed by atoms with van der Waals surface area (Å²) >= 11 is 6.20. The summed E-state index contributed by atoms with van der Waals surface area (Å²) in [5, 5.41) is 8.52. The SMILES string of the molecule is C[C@@H](Nc1cc(N)ncn1)c1cc2ncc(Cl)n2nc1-c1ccccc1. The van der Waals surface area contributed by atoms with E-state index in [1.807, 2.05) is 43.3 Å². The Bertz CT molecular complexity index is 1060. The van der Waals surface area contributed by atoms with E-state index in [4.69, 9.17) is 22.4 Å². The molecule has 3 aromatic heterocycles. The molecule has 0 unspecified atom stereocenters. The van der Waals surface area contributed by atoms with Gasteiger partial charge in [-0.2, -0.15) is 5.10 Å². The summed E-state index contributed by atoms with van der Waals surface area (Å²) in [5.41, 5.74) is 9.21. The number of imidazole rings is 1. The average Bonchev–Trinajstić information content (AvgIpc) is 3.02. The maximum absolute atomic E-state index is 6.20. The Morgan fingerprint density at radius 2 is 1.92 bits per heavy atom. The van der Waals surface area contributed by atoms with Crippen LogP contribution in [0.3, 0.4) is 0 Å². The molecule has 0 saturated carbocycles. The Hall–Kier alpha value is -3.19. The van der Waals surface area contributed by atoms with E-state index in [-0.39, 0.29) is 6.04 Å². The van der Waals surface area contributed by atoms with E-state index in [2.05, 4.69) is 20.3 Å². The van der Waals surface area contributed by atoms with Crippen LogP contribution in [0.1, 0.15) is 18.5 Å². The molecule has 4 aromatic rings. The number of hydrogen-bond donors (Lipinski definition) is 2. The van der Waals surface area contributed by atoms with Crippen molar-refractivity contribution in [3.8, 4) is 11.3 Å². The molecular weight excluding hydrogens is 350 g/mol. The third kappa shape index (κ3) is 3.04. The van der Waals surface area contributed by atoms with Gasteiger partial charge >= 0.3 is 0 Å². The molecule has 0 fully saturated rings. The van der Waals surface area contributed by atoms with Crippen LogP contribution >= 0.6 is 11.6 Å². The van der Waals surface area contributed by atoms with Gasteiger partial charge in [0.1, 0.15) is 18.0 Å². The van der Waals surface area contributed by atoms with E-state index in [1.54, 1.807) is 16.8 Å². The van der Waals surface area contributed by atoms with Gasteiger partial charge in [-0.25, -0.2) is 19.5 Å². The third-order valence-corrected chi connectivity index (χ3v) is 4.30. The number of nitrogen functional groups attached to an aromatic ring is 1. The fourth-order valence-electron chi connectivity index (χ4n) is 2.80. The molecule has 0 spiro atoms. The van der Waals surface area contributed by atoms with E-state index in [1.165, 1.54) is 6.33 Å². The number of benzene rings is 1. The largest absolute Gasteiger partial charge is 0.384 e. The van der Waals surface area contributed by atoms with Crippen molar-refractivity contribution in [2.24, 2.45) is 0 Å². The molecule has 4 rings (SSSR count). The number of nitrogens with one attached hydrogen (secondary N) is 1. The van der Waals surface area contributed by atoms with Crippen molar-refractivity contribution in [3.63, 3.8) is 0 Å². The first-order valence-corrected chi connectivity index (χ1v) is 8.43. The zero-order valence-corrected chi connectivity index (χ0v) is 14.7. The predicted octanol–water partition coefficient (Wildman–Crippen LogP) is 3.60. The van der Waals surface area contributed by atoms with Crippen molar-refractivity contribution in [2.75, 3.05) is 11.1 Å². The molecule has 0 aliphatic rings. The molecule has 0 aliphatic carbocycles. The smallest absolute Gasteiger partial charge is 0.155 e. The minimum absolute atomic E-state index is 0.0903. The van der Waals surface area contributed by atoms with Gasteiger partial charge in [-0.1, -0.05) is 41.9 Å². The van der Waals surface area contributed by atoms with Crippen LogP contribution in [0.5, 0.6) is 0 Å². The van der Waals surface area contributed by atoms with E-state index >= 15 is 0 Å². The highest BCUT2D eigenvalue weighted by molar-refractivity contribution is 6.29. The lowest BCUT2D eigenvalue weighted by molar-refractivity contribution is 0.841. The zero-order valence-electron chi connectivity index (χ0n) is 14.0. The van der Waals surface area contributed by atoms with Gasteiger partial charge in [0.05, 0.1) is 17.9 Å². The van der Waals surface area contributed by atoms with Crippen molar-refractivity contribution < 1.29 is 0 Å². The van der Waals surface area contributed by atoms with Crippen LogP contribution < -0.4 is 11.1 Å². The quantitative estimate of drug-likeness (QED) is 0.574. The fraction of sp³-hybridized carbons (Fsp3) is 0.111. The van der Waals surface area contributed by atoms with Gasteiger partial charge < -0.3 is 11.1 Å². The number of halogens is 1. The molecule has 0 aliphatic heterocycles. The minimum Gasteiger partial charge on any atom is -0.384 e. The third-order valence-electron chi connectivity index (χ3n) is 4.05. The van der Waals surface area contributed by atoms with Gasteiger partial charge in [0.15, 0.2) is 10.8 Å². The second-order valence-electron chi connectivity index (χ2n) is 5.86. The highest BCUT2D eigenvalue weighted by atomic mass is 35.5. The number of anilines is 2. The molecule has 26 heavy (non-hydrogen) atoms. The van der Waals surface area contributed by atoms with Crippen LogP contribution in [0.15, 0.2) is 55.0 Å². The molecule has 130 valence electrons. The molecule has 1 aromatic carbocycles. The van der Waals surface area contributed by atoms with Gasteiger partial charge in [-0.15, -0.1) is 0 Å². The summed E-state index contributed by atoms with van der Waals surface area (Å²) in [6, 6.07) is 13.5. The molecule has 8 heteroatoms. The molecule has 1 atom stereocenters. The summed E-state index contributed by atoms with van der Waals surface area (Å²) in [7, 11) is 0. The van der Waals surface area contributed by atoms with Crippen LogP contribution in [0.2, 0.25) is 5.15 Å².